The molecule has 1 aromatic rings. The molecule has 0 unspecified atom stereocenters. The number of rotatable bonds is 2. The highest BCUT2D eigenvalue weighted by atomic mass is 16.5. The van der Waals surface area contributed by atoms with Crippen LogP contribution in [0.15, 0.2) is 43.0 Å². The summed E-state index contributed by atoms with van der Waals surface area (Å²) in [6.07, 6.45) is 1.85. The molecule has 1 aliphatic rings. The number of hydrogen-bond donors (Lipinski definition) is 0. The minimum Gasteiger partial charge on any atom is -0.371 e. The maximum absolute atomic E-state index is 9.47. The van der Waals surface area contributed by atoms with E-state index in [0.29, 0.717) is 13.0 Å². The number of nitrogens with zero attached hydrogens (tertiary/aromatic N) is 2. The molecule has 3 heteroatoms. The normalized spacial score (nSPS) is 25.7. The van der Waals surface area contributed by atoms with Crippen molar-refractivity contribution in [2.75, 3.05) is 6.61 Å². The van der Waals surface area contributed by atoms with Gasteiger partial charge in [0.2, 0.25) is 0 Å². The van der Waals surface area contributed by atoms with Crippen molar-refractivity contribution in [2.45, 2.75) is 12.5 Å². The van der Waals surface area contributed by atoms with Crippen molar-refractivity contribution >= 4 is 0 Å². The fraction of sp³-hybridized carbons (Fsp3) is 0.333. The molecule has 1 fully saturated rings. The van der Waals surface area contributed by atoms with E-state index < -0.39 is 11.5 Å². The van der Waals surface area contributed by atoms with Gasteiger partial charge >= 0.3 is 0 Å². The lowest BCUT2D eigenvalue weighted by Gasteiger charge is -2.38. The van der Waals surface area contributed by atoms with Crippen LogP contribution in [0.25, 0.3) is 0 Å². The van der Waals surface area contributed by atoms with Gasteiger partial charge in [-0.25, -0.2) is 0 Å². The number of allylic oxidation sites excluding steroid dienone is 1. The van der Waals surface area contributed by atoms with Gasteiger partial charge in [-0.2, -0.15) is 10.5 Å². The summed E-state index contributed by atoms with van der Waals surface area (Å²) in [6.45, 7) is 4.29. The van der Waals surface area contributed by atoms with Gasteiger partial charge in [0.15, 0.2) is 5.41 Å². The van der Waals surface area contributed by atoms with E-state index in [1.165, 1.54) is 0 Å². The summed E-state index contributed by atoms with van der Waals surface area (Å²) in [5, 5.41) is 18.9. The van der Waals surface area contributed by atoms with Crippen LogP contribution in [0.3, 0.4) is 0 Å². The van der Waals surface area contributed by atoms with Crippen LogP contribution in [0.1, 0.15) is 18.1 Å². The van der Waals surface area contributed by atoms with E-state index in [4.69, 9.17) is 4.74 Å². The van der Waals surface area contributed by atoms with Gasteiger partial charge in [-0.05, 0) is 12.0 Å². The fourth-order valence-electron chi connectivity index (χ4n) is 2.47. The summed E-state index contributed by atoms with van der Waals surface area (Å²) in [5.74, 6) is -0.161. The highest BCUT2D eigenvalue weighted by Crippen LogP contribution is 2.47. The topological polar surface area (TPSA) is 56.8 Å². The van der Waals surface area contributed by atoms with Crippen LogP contribution >= 0.6 is 0 Å². The second-order valence-electron chi connectivity index (χ2n) is 4.39. The van der Waals surface area contributed by atoms with E-state index in [0.717, 1.165) is 5.56 Å². The zero-order valence-electron chi connectivity index (χ0n) is 10.0. The Bertz CT molecular complexity index is 496. The van der Waals surface area contributed by atoms with Gasteiger partial charge in [-0.3, -0.25) is 0 Å². The lowest BCUT2D eigenvalue weighted by atomic mass is 9.68. The zero-order chi connectivity index (χ0) is 13.0. The Labute approximate surface area is 107 Å². The van der Waals surface area contributed by atoms with Crippen molar-refractivity contribution in [1.29, 1.82) is 10.5 Å². The van der Waals surface area contributed by atoms with Crippen LogP contribution in [0.5, 0.6) is 0 Å². The summed E-state index contributed by atoms with van der Waals surface area (Å²) >= 11 is 0. The van der Waals surface area contributed by atoms with Gasteiger partial charge in [-0.15, -0.1) is 6.58 Å². The molecule has 1 heterocycles. The van der Waals surface area contributed by atoms with E-state index in [1.807, 2.05) is 30.3 Å². The number of benzene rings is 1. The number of ether oxygens (including phenoxy) is 1. The highest BCUT2D eigenvalue weighted by molar-refractivity contribution is 5.32. The molecule has 18 heavy (non-hydrogen) atoms. The number of hydrogen-bond acceptors (Lipinski definition) is 3. The quantitative estimate of drug-likeness (QED) is 0.744. The molecule has 1 saturated heterocycles. The molecule has 1 aliphatic heterocycles. The Kier molecular flexibility index (Phi) is 3.46. The molecule has 1 aromatic carbocycles. The second-order valence-corrected chi connectivity index (χ2v) is 4.39. The van der Waals surface area contributed by atoms with Gasteiger partial charge < -0.3 is 4.74 Å². The first kappa shape index (κ1) is 12.4. The molecule has 0 spiro atoms. The second kappa shape index (κ2) is 5.04. The van der Waals surface area contributed by atoms with Crippen LogP contribution in [0.2, 0.25) is 0 Å². The molecule has 3 nitrogen and oxygen atoms in total. The lowest BCUT2D eigenvalue weighted by Crippen LogP contribution is -2.39. The van der Waals surface area contributed by atoms with Crippen molar-refractivity contribution in [2.24, 2.45) is 11.3 Å². The van der Waals surface area contributed by atoms with Crippen LogP contribution in [0, 0.1) is 34.0 Å². The average Bonchev–Trinajstić information content (AvgIpc) is 2.47. The van der Waals surface area contributed by atoms with Crippen LogP contribution in [0.4, 0.5) is 0 Å². The predicted octanol–water partition coefficient (Wildman–Crippen LogP) is 2.98. The molecule has 0 N–H and O–H groups in total. The molecule has 0 bridgehead atoms. The first-order valence-corrected chi connectivity index (χ1v) is 5.90. The van der Waals surface area contributed by atoms with Gasteiger partial charge in [0.25, 0.3) is 0 Å². The van der Waals surface area contributed by atoms with E-state index in [9.17, 15) is 10.5 Å². The lowest BCUT2D eigenvalue weighted by molar-refractivity contribution is -0.0577. The molecule has 0 radical (unpaired) electrons. The summed E-state index contributed by atoms with van der Waals surface area (Å²) < 4.78 is 5.70. The minimum absolute atomic E-state index is 0.161. The molecule has 2 rings (SSSR count). The summed E-state index contributed by atoms with van der Waals surface area (Å²) in [7, 11) is 0. The third-order valence-electron chi connectivity index (χ3n) is 3.47. The smallest absolute Gasteiger partial charge is 0.180 e. The summed E-state index contributed by atoms with van der Waals surface area (Å²) in [4.78, 5) is 0. The van der Waals surface area contributed by atoms with E-state index in [-0.39, 0.29) is 5.92 Å². The van der Waals surface area contributed by atoms with E-state index in [2.05, 4.69) is 18.7 Å². The fourth-order valence-corrected chi connectivity index (χ4v) is 2.47. The van der Waals surface area contributed by atoms with Gasteiger partial charge in [0.1, 0.15) is 6.10 Å². The zero-order valence-corrected chi connectivity index (χ0v) is 10.0. The van der Waals surface area contributed by atoms with Gasteiger partial charge in [-0.1, -0.05) is 36.4 Å². The molecule has 2 atom stereocenters. The van der Waals surface area contributed by atoms with Crippen molar-refractivity contribution in [3.63, 3.8) is 0 Å². The van der Waals surface area contributed by atoms with Crippen molar-refractivity contribution < 1.29 is 4.74 Å². The highest BCUT2D eigenvalue weighted by Gasteiger charge is 2.49. The van der Waals surface area contributed by atoms with Gasteiger partial charge in [0, 0.05) is 12.5 Å². The molecular formula is C15H14N2O. The van der Waals surface area contributed by atoms with E-state index >= 15 is 0 Å². The SMILES string of the molecule is C=C[C@H]1CCO[C@@H](c2ccccc2)C1(C#N)C#N. The number of nitriles is 2. The van der Waals surface area contributed by atoms with Crippen LogP contribution < -0.4 is 0 Å². The molecule has 90 valence electrons. The van der Waals surface area contributed by atoms with Crippen LogP contribution in [-0.4, -0.2) is 6.61 Å². The van der Waals surface area contributed by atoms with E-state index in [1.54, 1.807) is 6.08 Å². The first-order valence-electron chi connectivity index (χ1n) is 5.90. The average molecular weight is 238 g/mol. The molecular weight excluding hydrogens is 224 g/mol. The Morgan fingerprint density at radius 1 is 1.28 bits per heavy atom. The monoisotopic (exact) mass is 238 g/mol. The van der Waals surface area contributed by atoms with Crippen molar-refractivity contribution in [3.8, 4) is 12.1 Å². The van der Waals surface area contributed by atoms with Crippen molar-refractivity contribution in [1.82, 2.24) is 0 Å². The maximum atomic E-state index is 9.47. The third-order valence-corrected chi connectivity index (χ3v) is 3.47. The standard InChI is InChI=1S/C15H14N2O/c1-2-13-8-9-18-14(15(13,10-16)11-17)12-6-4-3-5-7-12/h2-7,13-14H,1,8-9H2/t13-,14-/m0/s1. The molecule has 0 saturated carbocycles. The maximum Gasteiger partial charge on any atom is 0.180 e. The molecule has 0 aliphatic carbocycles. The Hall–Kier alpha value is -2.10. The predicted molar refractivity (Wildman–Crippen MR) is 67.1 cm³/mol. The van der Waals surface area contributed by atoms with Gasteiger partial charge in [0.05, 0.1) is 12.1 Å². The van der Waals surface area contributed by atoms with Crippen molar-refractivity contribution in [3.05, 3.63) is 48.6 Å². The largest absolute Gasteiger partial charge is 0.371 e. The molecule has 0 aromatic heterocycles. The van der Waals surface area contributed by atoms with Crippen LogP contribution in [-0.2, 0) is 4.74 Å². The summed E-state index contributed by atoms with van der Waals surface area (Å²) in [6, 6.07) is 13.8. The summed E-state index contributed by atoms with van der Waals surface area (Å²) in [5.41, 5.74) is -0.311. The minimum atomic E-state index is -1.18. The Morgan fingerprint density at radius 3 is 2.50 bits per heavy atom. The Balaban J connectivity index is 2.49. The first-order chi connectivity index (χ1) is 8.78. The Morgan fingerprint density at radius 2 is 1.94 bits per heavy atom. The molecule has 0 amide bonds. The third kappa shape index (κ3) is 1.79.